The van der Waals surface area contributed by atoms with E-state index in [9.17, 15) is 5.26 Å². The lowest BCUT2D eigenvalue weighted by atomic mass is 10.3. The van der Waals surface area contributed by atoms with Gasteiger partial charge in [-0.25, -0.2) is 0 Å². The number of halogens is 1. The number of benzene rings is 1. The summed E-state index contributed by atoms with van der Waals surface area (Å²) in [5, 5.41) is 18.7. The van der Waals surface area contributed by atoms with Crippen LogP contribution in [0.4, 0.5) is 5.82 Å². The first-order valence-electron chi connectivity index (χ1n) is 7.08. The fraction of sp³-hybridized carbons (Fsp3) is 0.400. The molecule has 21 heavy (non-hydrogen) atoms. The Balaban J connectivity index is 2.41. The van der Waals surface area contributed by atoms with Gasteiger partial charge in [-0.2, -0.15) is 5.26 Å². The van der Waals surface area contributed by atoms with E-state index in [0.29, 0.717) is 16.5 Å². The van der Waals surface area contributed by atoms with Gasteiger partial charge in [-0.1, -0.05) is 31.5 Å². The van der Waals surface area contributed by atoms with Crippen LogP contribution in [0.1, 0.15) is 32.4 Å². The Morgan fingerprint density at radius 2 is 1.95 bits per heavy atom. The zero-order chi connectivity index (χ0) is 15.2. The normalized spacial score (nSPS) is 10.4. The van der Waals surface area contributed by atoms with E-state index >= 15 is 0 Å². The largest absolute Gasteiger partial charge is 0.353 e. The van der Waals surface area contributed by atoms with Gasteiger partial charge in [0.1, 0.15) is 6.07 Å². The molecule has 110 valence electrons. The Kier molecular flexibility index (Phi) is 5.18. The Hall–Kier alpha value is -2.06. The van der Waals surface area contributed by atoms with Gasteiger partial charge in [-0.15, -0.1) is 15.0 Å². The maximum Gasteiger partial charge on any atom is 0.207 e. The topological polar surface area (TPSA) is 57.7 Å². The van der Waals surface area contributed by atoms with Crippen LogP contribution in [-0.4, -0.2) is 28.1 Å². The second kappa shape index (κ2) is 7.09. The standard InChI is InChI=1S/C15H18ClN5/c1-3-8-20(9-4-2)15-14(11-17)18-21(19-15)13-7-5-6-12(16)10-13/h5-7,10H,3-4,8-9H2,1-2H3. The third kappa shape index (κ3) is 3.53. The molecule has 0 aliphatic rings. The van der Waals surface area contributed by atoms with E-state index in [-0.39, 0.29) is 0 Å². The van der Waals surface area contributed by atoms with Crippen molar-refractivity contribution in [2.24, 2.45) is 0 Å². The van der Waals surface area contributed by atoms with Crippen molar-refractivity contribution in [2.75, 3.05) is 18.0 Å². The molecule has 0 spiro atoms. The summed E-state index contributed by atoms with van der Waals surface area (Å²) in [5.74, 6) is 0.640. The highest BCUT2D eigenvalue weighted by atomic mass is 35.5. The van der Waals surface area contributed by atoms with Gasteiger partial charge in [0.25, 0.3) is 0 Å². The average molecular weight is 304 g/mol. The number of nitrogens with zero attached hydrogens (tertiary/aromatic N) is 5. The van der Waals surface area contributed by atoms with Crippen molar-refractivity contribution in [3.63, 3.8) is 0 Å². The van der Waals surface area contributed by atoms with Crippen molar-refractivity contribution in [1.29, 1.82) is 5.26 Å². The second-order valence-electron chi connectivity index (χ2n) is 4.74. The first-order chi connectivity index (χ1) is 10.2. The Labute approximate surface area is 129 Å². The van der Waals surface area contributed by atoms with Crippen molar-refractivity contribution >= 4 is 17.4 Å². The summed E-state index contributed by atoms with van der Waals surface area (Å²) in [6.07, 6.45) is 1.99. The Bertz CT molecular complexity index is 638. The molecule has 0 N–H and O–H groups in total. The molecule has 2 rings (SSSR count). The number of nitriles is 1. The first-order valence-corrected chi connectivity index (χ1v) is 7.45. The smallest absolute Gasteiger partial charge is 0.207 e. The van der Waals surface area contributed by atoms with Crippen molar-refractivity contribution in [3.8, 4) is 11.8 Å². The van der Waals surface area contributed by atoms with Gasteiger partial charge in [-0.05, 0) is 31.0 Å². The van der Waals surface area contributed by atoms with Crippen LogP contribution in [0.2, 0.25) is 5.02 Å². The van der Waals surface area contributed by atoms with E-state index in [4.69, 9.17) is 11.6 Å². The van der Waals surface area contributed by atoms with Crippen LogP contribution in [0.5, 0.6) is 0 Å². The fourth-order valence-electron chi connectivity index (χ4n) is 2.16. The highest BCUT2D eigenvalue weighted by molar-refractivity contribution is 6.30. The molecular weight excluding hydrogens is 286 g/mol. The van der Waals surface area contributed by atoms with Gasteiger partial charge in [-0.3, -0.25) is 0 Å². The van der Waals surface area contributed by atoms with Crippen molar-refractivity contribution in [2.45, 2.75) is 26.7 Å². The minimum absolute atomic E-state index is 0.344. The molecule has 0 saturated carbocycles. The Morgan fingerprint density at radius 1 is 1.24 bits per heavy atom. The molecule has 0 aliphatic carbocycles. The lowest BCUT2D eigenvalue weighted by Crippen LogP contribution is -2.26. The molecule has 0 radical (unpaired) electrons. The molecule has 1 aromatic heterocycles. The van der Waals surface area contributed by atoms with Crippen molar-refractivity contribution < 1.29 is 0 Å². The van der Waals surface area contributed by atoms with Gasteiger partial charge in [0.05, 0.1) is 5.69 Å². The molecule has 1 aromatic carbocycles. The number of aromatic nitrogens is 3. The third-order valence-corrected chi connectivity index (χ3v) is 3.26. The zero-order valence-corrected chi connectivity index (χ0v) is 13.0. The SMILES string of the molecule is CCCN(CCC)c1nn(-c2cccc(Cl)c2)nc1C#N. The molecule has 0 amide bonds. The van der Waals surface area contributed by atoms with Gasteiger partial charge in [0.15, 0.2) is 5.82 Å². The minimum Gasteiger partial charge on any atom is -0.353 e. The van der Waals surface area contributed by atoms with Crippen LogP contribution < -0.4 is 4.90 Å². The summed E-state index contributed by atoms with van der Waals surface area (Å²) >= 11 is 5.99. The molecule has 2 aromatic rings. The summed E-state index contributed by atoms with van der Waals surface area (Å²) in [6, 6.07) is 9.39. The fourth-order valence-corrected chi connectivity index (χ4v) is 2.35. The number of hydrogen-bond donors (Lipinski definition) is 0. The summed E-state index contributed by atoms with van der Waals surface area (Å²) < 4.78 is 0. The van der Waals surface area contributed by atoms with Gasteiger partial charge >= 0.3 is 0 Å². The number of anilines is 1. The lowest BCUT2D eigenvalue weighted by Gasteiger charge is -2.20. The molecule has 0 aliphatic heterocycles. The van der Waals surface area contributed by atoms with Gasteiger partial charge < -0.3 is 4.90 Å². The van der Waals surface area contributed by atoms with E-state index in [1.807, 2.05) is 12.1 Å². The average Bonchev–Trinajstić information content (AvgIpc) is 2.91. The van der Waals surface area contributed by atoms with Crippen molar-refractivity contribution in [3.05, 3.63) is 35.0 Å². The maximum atomic E-state index is 9.30. The number of rotatable bonds is 6. The van der Waals surface area contributed by atoms with Crippen LogP contribution in [0.15, 0.2) is 24.3 Å². The first kappa shape index (κ1) is 15.3. The molecule has 0 unspecified atom stereocenters. The molecule has 0 atom stereocenters. The van der Waals surface area contributed by atoms with E-state index in [1.54, 1.807) is 12.1 Å². The molecule has 0 fully saturated rings. The minimum atomic E-state index is 0.344. The van der Waals surface area contributed by atoms with Crippen LogP contribution in [-0.2, 0) is 0 Å². The third-order valence-electron chi connectivity index (χ3n) is 3.03. The van der Waals surface area contributed by atoms with E-state index in [2.05, 4.69) is 35.0 Å². The van der Waals surface area contributed by atoms with E-state index < -0.39 is 0 Å². The lowest BCUT2D eigenvalue weighted by molar-refractivity contribution is 0.708. The number of hydrogen-bond acceptors (Lipinski definition) is 4. The van der Waals surface area contributed by atoms with Crippen LogP contribution in [0, 0.1) is 11.3 Å². The van der Waals surface area contributed by atoms with Crippen molar-refractivity contribution in [1.82, 2.24) is 15.0 Å². The van der Waals surface area contributed by atoms with Gasteiger partial charge in [0.2, 0.25) is 5.69 Å². The molecule has 0 bridgehead atoms. The quantitative estimate of drug-likeness (QED) is 0.820. The molecule has 5 nitrogen and oxygen atoms in total. The van der Waals surface area contributed by atoms with E-state index in [1.165, 1.54) is 4.80 Å². The predicted octanol–water partition coefficient (Wildman–Crippen LogP) is 3.42. The molecule has 6 heteroatoms. The van der Waals surface area contributed by atoms with Crippen LogP contribution in [0.25, 0.3) is 5.69 Å². The Morgan fingerprint density at radius 3 is 2.52 bits per heavy atom. The summed E-state index contributed by atoms with van der Waals surface area (Å²) in [4.78, 5) is 3.57. The second-order valence-corrected chi connectivity index (χ2v) is 5.18. The monoisotopic (exact) mass is 303 g/mol. The zero-order valence-electron chi connectivity index (χ0n) is 12.3. The molecule has 0 saturated heterocycles. The van der Waals surface area contributed by atoms with Crippen LogP contribution in [0.3, 0.4) is 0 Å². The van der Waals surface area contributed by atoms with Crippen LogP contribution >= 0.6 is 11.6 Å². The van der Waals surface area contributed by atoms with E-state index in [0.717, 1.165) is 31.6 Å². The molecule has 1 heterocycles. The predicted molar refractivity (Wildman–Crippen MR) is 83.9 cm³/mol. The highest BCUT2D eigenvalue weighted by Gasteiger charge is 2.17. The summed E-state index contributed by atoms with van der Waals surface area (Å²) in [5.41, 5.74) is 1.09. The summed E-state index contributed by atoms with van der Waals surface area (Å²) in [6.45, 7) is 5.93. The van der Waals surface area contributed by atoms with Gasteiger partial charge in [0, 0.05) is 18.1 Å². The highest BCUT2D eigenvalue weighted by Crippen LogP contribution is 2.19. The summed E-state index contributed by atoms with van der Waals surface area (Å²) in [7, 11) is 0. The maximum absolute atomic E-state index is 9.30. The molecular formula is C15H18ClN5.